The van der Waals surface area contributed by atoms with E-state index in [1.54, 1.807) is 0 Å². The van der Waals surface area contributed by atoms with Gasteiger partial charge in [-0.3, -0.25) is 0 Å². The molecule has 0 fully saturated rings. The molecule has 0 atom stereocenters. The number of benzene rings is 1. The second-order valence-corrected chi connectivity index (χ2v) is 6.24. The standard InChI is InChI=1S/C18H24N2/c1-13(2)16-10-8-15(9-11-16)12-20-14(3)19-17-6-4-5-7-18(17)20/h8-11,13H,4-7,12H2,1-3H3. The molecule has 2 heteroatoms. The van der Waals surface area contributed by atoms with Crippen molar-refractivity contribution in [3.63, 3.8) is 0 Å². The second kappa shape index (κ2) is 5.43. The van der Waals surface area contributed by atoms with Gasteiger partial charge in [0.25, 0.3) is 0 Å². The minimum Gasteiger partial charge on any atom is -0.328 e. The molecule has 2 aromatic rings. The monoisotopic (exact) mass is 268 g/mol. The van der Waals surface area contributed by atoms with Crippen molar-refractivity contribution >= 4 is 0 Å². The van der Waals surface area contributed by atoms with Crippen molar-refractivity contribution in [2.75, 3.05) is 0 Å². The van der Waals surface area contributed by atoms with E-state index in [-0.39, 0.29) is 0 Å². The molecule has 0 N–H and O–H groups in total. The first-order chi connectivity index (χ1) is 9.65. The maximum atomic E-state index is 4.76. The Morgan fingerprint density at radius 1 is 1.10 bits per heavy atom. The predicted molar refractivity (Wildman–Crippen MR) is 83.2 cm³/mol. The Morgan fingerprint density at radius 3 is 2.50 bits per heavy atom. The highest BCUT2D eigenvalue weighted by Crippen LogP contribution is 2.23. The van der Waals surface area contributed by atoms with Gasteiger partial charge in [0.2, 0.25) is 0 Å². The van der Waals surface area contributed by atoms with Crippen molar-refractivity contribution < 1.29 is 0 Å². The van der Waals surface area contributed by atoms with Crippen LogP contribution in [0.1, 0.15) is 60.9 Å². The smallest absolute Gasteiger partial charge is 0.106 e. The van der Waals surface area contributed by atoms with Crippen molar-refractivity contribution in [3.05, 3.63) is 52.6 Å². The molecule has 106 valence electrons. The van der Waals surface area contributed by atoms with Gasteiger partial charge >= 0.3 is 0 Å². The summed E-state index contributed by atoms with van der Waals surface area (Å²) in [6, 6.07) is 9.06. The molecule has 0 unspecified atom stereocenters. The molecule has 1 aromatic carbocycles. The number of hydrogen-bond donors (Lipinski definition) is 0. The average molecular weight is 268 g/mol. The summed E-state index contributed by atoms with van der Waals surface area (Å²) in [5, 5.41) is 0. The summed E-state index contributed by atoms with van der Waals surface area (Å²) in [6.45, 7) is 7.59. The highest BCUT2D eigenvalue weighted by atomic mass is 15.1. The lowest BCUT2D eigenvalue weighted by Gasteiger charge is -2.15. The van der Waals surface area contributed by atoms with Gasteiger partial charge in [-0.25, -0.2) is 4.98 Å². The maximum Gasteiger partial charge on any atom is 0.106 e. The zero-order valence-electron chi connectivity index (χ0n) is 12.8. The van der Waals surface area contributed by atoms with E-state index < -0.39 is 0 Å². The summed E-state index contributed by atoms with van der Waals surface area (Å²) < 4.78 is 2.42. The van der Waals surface area contributed by atoms with Gasteiger partial charge in [-0.2, -0.15) is 0 Å². The van der Waals surface area contributed by atoms with Gasteiger partial charge in [0.05, 0.1) is 5.69 Å². The van der Waals surface area contributed by atoms with Crippen LogP contribution in [0.4, 0.5) is 0 Å². The largest absolute Gasteiger partial charge is 0.328 e. The third-order valence-electron chi connectivity index (χ3n) is 4.41. The molecule has 0 radical (unpaired) electrons. The summed E-state index contributed by atoms with van der Waals surface area (Å²) >= 11 is 0. The summed E-state index contributed by atoms with van der Waals surface area (Å²) in [5.74, 6) is 1.77. The number of aryl methyl sites for hydroxylation is 2. The molecule has 0 saturated heterocycles. The van der Waals surface area contributed by atoms with Crippen LogP contribution in [0.5, 0.6) is 0 Å². The van der Waals surface area contributed by atoms with Crippen molar-refractivity contribution in [2.24, 2.45) is 0 Å². The minimum absolute atomic E-state index is 0.604. The first kappa shape index (κ1) is 13.4. The van der Waals surface area contributed by atoms with Crippen molar-refractivity contribution in [1.82, 2.24) is 9.55 Å². The Bertz CT molecular complexity index is 591. The molecule has 1 heterocycles. The molecular formula is C18H24N2. The second-order valence-electron chi connectivity index (χ2n) is 6.24. The zero-order chi connectivity index (χ0) is 14.1. The zero-order valence-corrected chi connectivity index (χ0v) is 12.8. The SMILES string of the molecule is Cc1nc2c(n1Cc1ccc(C(C)C)cc1)CCCC2. The number of fused-ring (bicyclic) bond motifs is 1. The molecule has 1 aliphatic rings. The Balaban J connectivity index is 1.86. The van der Waals surface area contributed by atoms with Crippen LogP contribution in [0, 0.1) is 6.92 Å². The highest BCUT2D eigenvalue weighted by molar-refractivity contribution is 5.27. The molecular weight excluding hydrogens is 244 g/mol. The van der Waals surface area contributed by atoms with Crippen molar-refractivity contribution in [2.45, 2.75) is 58.9 Å². The van der Waals surface area contributed by atoms with E-state index in [0.29, 0.717) is 5.92 Å². The van der Waals surface area contributed by atoms with Crippen LogP contribution < -0.4 is 0 Å². The molecule has 0 bridgehead atoms. The molecule has 3 rings (SSSR count). The number of aromatic nitrogens is 2. The summed E-state index contributed by atoms with van der Waals surface area (Å²) in [7, 11) is 0. The Hall–Kier alpha value is -1.57. The van der Waals surface area contributed by atoms with Crippen LogP contribution in [0.3, 0.4) is 0 Å². The Morgan fingerprint density at radius 2 is 1.80 bits per heavy atom. The molecule has 0 saturated carbocycles. The third kappa shape index (κ3) is 2.52. The van der Waals surface area contributed by atoms with E-state index in [2.05, 4.69) is 49.6 Å². The van der Waals surface area contributed by atoms with Crippen LogP contribution in [0.2, 0.25) is 0 Å². The quantitative estimate of drug-likeness (QED) is 0.814. The highest BCUT2D eigenvalue weighted by Gasteiger charge is 2.17. The molecule has 2 nitrogen and oxygen atoms in total. The Labute approximate surface area is 121 Å². The van der Waals surface area contributed by atoms with Gasteiger partial charge in [0, 0.05) is 12.2 Å². The van der Waals surface area contributed by atoms with Gasteiger partial charge in [-0.1, -0.05) is 38.1 Å². The van der Waals surface area contributed by atoms with Gasteiger partial charge in [0.1, 0.15) is 5.82 Å². The molecule has 1 aliphatic carbocycles. The van der Waals surface area contributed by atoms with Gasteiger partial charge in [0.15, 0.2) is 0 Å². The van der Waals surface area contributed by atoms with Crippen LogP contribution in [0.15, 0.2) is 24.3 Å². The topological polar surface area (TPSA) is 17.8 Å². The van der Waals surface area contributed by atoms with E-state index in [0.717, 1.165) is 13.0 Å². The summed E-state index contributed by atoms with van der Waals surface area (Å²) in [6.07, 6.45) is 4.96. The third-order valence-corrected chi connectivity index (χ3v) is 4.41. The Kier molecular flexibility index (Phi) is 3.64. The van der Waals surface area contributed by atoms with E-state index >= 15 is 0 Å². The fourth-order valence-electron chi connectivity index (χ4n) is 3.14. The molecule has 0 spiro atoms. The van der Waals surface area contributed by atoms with Crippen molar-refractivity contribution in [3.8, 4) is 0 Å². The number of nitrogens with zero attached hydrogens (tertiary/aromatic N) is 2. The van der Waals surface area contributed by atoms with E-state index in [1.807, 2.05) is 0 Å². The summed E-state index contributed by atoms with van der Waals surface area (Å²) in [4.78, 5) is 4.76. The van der Waals surface area contributed by atoms with Gasteiger partial charge in [-0.05, 0) is 49.7 Å². The van der Waals surface area contributed by atoms with E-state index in [4.69, 9.17) is 4.98 Å². The van der Waals surface area contributed by atoms with Crippen LogP contribution >= 0.6 is 0 Å². The van der Waals surface area contributed by atoms with Crippen LogP contribution in [-0.4, -0.2) is 9.55 Å². The fourth-order valence-corrected chi connectivity index (χ4v) is 3.14. The summed E-state index contributed by atoms with van der Waals surface area (Å²) in [5.41, 5.74) is 5.61. The lowest BCUT2D eigenvalue weighted by molar-refractivity contribution is 0.624. The van der Waals surface area contributed by atoms with E-state index in [1.165, 1.54) is 47.6 Å². The lowest BCUT2D eigenvalue weighted by Crippen LogP contribution is -2.10. The van der Waals surface area contributed by atoms with Crippen LogP contribution in [0.25, 0.3) is 0 Å². The number of rotatable bonds is 3. The molecule has 0 aliphatic heterocycles. The molecule has 1 aromatic heterocycles. The maximum absolute atomic E-state index is 4.76. The normalized spacial score (nSPS) is 14.6. The minimum atomic E-state index is 0.604. The van der Waals surface area contributed by atoms with Crippen LogP contribution in [-0.2, 0) is 19.4 Å². The van der Waals surface area contributed by atoms with Gasteiger partial charge < -0.3 is 4.57 Å². The molecule has 0 amide bonds. The lowest BCUT2D eigenvalue weighted by atomic mass is 10.0. The van der Waals surface area contributed by atoms with Crippen molar-refractivity contribution in [1.29, 1.82) is 0 Å². The predicted octanol–water partition coefficient (Wildman–Crippen LogP) is 4.24. The van der Waals surface area contributed by atoms with E-state index in [9.17, 15) is 0 Å². The average Bonchev–Trinajstić information content (AvgIpc) is 2.76. The molecule has 20 heavy (non-hydrogen) atoms. The fraction of sp³-hybridized carbons (Fsp3) is 0.500. The first-order valence-electron chi connectivity index (χ1n) is 7.79. The number of imidazole rings is 1. The number of hydrogen-bond acceptors (Lipinski definition) is 1. The van der Waals surface area contributed by atoms with Gasteiger partial charge in [-0.15, -0.1) is 0 Å². The first-order valence-corrected chi connectivity index (χ1v) is 7.79.